The second-order valence-corrected chi connectivity index (χ2v) is 18.1. The fraction of sp³-hybridized carbons (Fsp3) is 0.179. The van der Waals surface area contributed by atoms with Crippen molar-refractivity contribution in [1.82, 2.24) is 30.6 Å². The predicted octanol–water partition coefficient (Wildman–Crippen LogP) is 9.87. The van der Waals surface area contributed by atoms with Gasteiger partial charge in [0.2, 0.25) is 0 Å². The van der Waals surface area contributed by atoms with Crippen molar-refractivity contribution in [2.24, 2.45) is 0 Å². The number of aryl methyl sites for hydroxylation is 4. The summed E-state index contributed by atoms with van der Waals surface area (Å²) in [5.74, 6) is -0.0970. The lowest BCUT2D eigenvalue weighted by molar-refractivity contribution is 0.0856. The number of nitrogens with one attached hydrogen (secondary N) is 2. The average molecular weight is 933 g/mol. The lowest BCUT2D eigenvalue weighted by Crippen LogP contribution is -2.24. The number of carbonyl (C=O) groups is 2. The molecule has 0 radical (unpaired) electrons. The topological polar surface area (TPSA) is 180 Å². The second-order valence-electron chi connectivity index (χ2n) is 18.1. The van der Waals surface area contributed by atoms with E-state index in [1.165, 1.54) is 12.4 Å². The summed E-state index contributed by atoms with van der Waals surface area (Å²) in [4.78, 5) is 42.2. The van der Waals surface area contributed by atoms with Gasteiger partial charge < -0.3 is 31.6 Å². The van der Waals surface area contributed by atoms with Gasteiger partial charge in [0.15, 0.2) is 0 Å². The van der Waals surface area contributed by atoms with E-state index in [0.29, 0.717) is 47.0 Å². The van der Waals surface area contributed by atoms with Crippen LogP contribution < -0.4 is 22.1 Å². The first-order valence-electron chi connectivity index (χ1n) is 22.9. The number of halogens is 2. The van der Waals surface area contributed by atoms with Gasteiger partial charge in [-0.3, -0.25) is 19.6 Å². The summed E-state index contributed by atoms with van der Waals surface area (Å²) in [5, 5.41) is 6.00. The van der Waals surface area contributed by atoms with E-state index in [-0.39, 0.29) is 47.9 Å². The van der Waals surface area contributed by atoms with E-state index < -0.39 is 0 Å². The van der Waals surface area contributed by atoms with Crippen molar-refractivity contribution in [3.05, 3.63) is 223 Å². The molecular weight excluding hydrogens is 887 g/mol. The fourth-order valence-corrected chi connectivity index (χ4v) is 10.4. The number of aromatic nitrogens is 4. The minimum Gasteiger partial charge on any atom is -0.384 e. The first-order valence-corrected chi connectivity index (χ1v) is 22.9. The van der Waals surface area contributed by atoms with Crippen LogP contribution in [0, 0.1) is 39.3 Å². The van der Waals surface area contributed by atoms with Gasteiger partial charge in [-0.25, -0.2) is 18.7 Å². The highest BCUT2D eigenvalue weighted by Gasteiger charge is 2.44. The molecule has 14 heteroatoms. The molecule has 70 heavy (non-hydrogen) atoms. The van der Waals surface area contributed by atoms with Gasteiger partial charge in [-0.2, -0.15) is 0 Å². The SMILES string of the molecule is Cc1cc(N)nc(C)c1CNC(=O)c1ccc2c(c1)C1OC2c2cc(-c3ccncc3F)ccc21.Cc1cc(N)nc(C)c1CNC(=O)c1ccc2c(c1)C1OC2c2ccc(-c3ccncc3F)cc21. The Morgan fingerprint density at radius 2 is 0.886 bits per heavy atom. The molecule has 4 aromatic carbocycles. The number of pyridine rings is 4. The van der Waals surface area contributed by atoms with E-state index in [2.05, 4.69) is 30.6 Å². The molecule has 4 atom stereocenters. The Labute approximate surface area is 402 Å². The molecule has 0 spiro atoms. The maximum Gasteiger partial charge on any atom is 0.251 e. The molecule has 4 unspecified atom stereocenters. The highest BCUT2D eigenvalue weighted by atomic mass is 19.1. The van der Waals surface area contributed by atoms with Crippen LogP contribution in [0.2, 0.25) is 0 Å². The molecule has 0 aliphatic carbocycles. The number of nitrogens with zero attached hydrogens (tertiary/aromatic N) is 4. The van der Waals surface area contributed by atoms with E-state index >= 15 is 0 Å². The van der Waals surface area contributed by atoms with E-state index in [4.69, 9.17) is 20.9 Å². The van der Waals surface area contributed by atoms with Gasteiger partial charge in [0.1, 0.15) is 47.7 Å². The zero-order valence-electron chi connectivity index (χ0n) is 38.6. The minimum absolute atomic E-state index is 0.157. The maximum absolute atomic E-state index is 14.3. The first-order chi connectivity index (χ1) is 33.8. The Kier molecular flexibility index (Phi) is 11.0. The van der Waals surface area contributed by atoms with Gasteiger partial charge in [-0.1, -0.05) is 36.4 Å². The Morgan fingerprint density at radius 1 is 0.514 bits per heavy atom. The molecule has 4 bridgehead atoms. The van der Waals surface area contributed by atoms with Crippen molar-refractivity contribution in [2.75, 3.05) is 11.5 Å². The molecule has 12 nitrogen and oxygen atoms in total. The molecule has 12 rings (SSSR count). The van der Waals surface area contributed by atoms with Crippen molar-refractivity contribution >= 4 is 23.5 Å². The van der Waals surface area contributed by atoms with Crippen molar-refractivity contribution in [3.8, 4) is 22.3 Å². The third-order valence-electron chi connectivity index (χ3n) is 13.8. The standard InChI is InChI=1S/2C28H23FN4O2/c1-14-9-25(30)33-15(2)23(14)12-32-28(34)17-4-6-20-22(11-17)27-19-5-3-16(10-21(19)26(20)35-27)18-7-8-31-13-24(18)29;1-14-9-25(30)33-15(2)23(14)12-32-28(34)17-4-6-20-22(11-17)27-21-10-16(3-5-19(21)26(20)35-27)18-7-8-31-13-24(18)29/h2*3-11,13,26-27H,12H2,1-2H3,(H2,30,33)(H,32,34). The van der Waals surface area contributed by atoms with E-state index in [9.17, 15) is 18.4 Å². The largest absolute Gasteiger partial charge is 0.384 e. The second kappa shape index (κ2) is 17.4. The van der Waals surface area contributed by atoms with Crippen molar-refractivity contribution in [3.63, 3.8) is 0 Å². The number of rotatable bonds is 8. The number of benzene rings is 4. The molecule has 0 saturated heterocycles. The number of hydrogen-bond donors (Lipinski definition) is 4. The van der Waals surface area contributed by atoms with Crippen LogP contribution in [0.4, 0.5) is 20.4 Å². The third kappa shape index (κ3) is 7.71. The van der Waals surface area contributed by atoms with Gasteiger partial charge in [-0.05, 0) is 166 Å². The normalized spacial score (nSPS) is 17.2. The number of ether oxygens (including phenoxy) is 2. The van der Waals surface area contributed by atoms with Gasteiger partial charge >= 0.3 is 0 Å². The quantitative estimate of drug-likeness (QED) is 0.115. The summed E-state index contributed by atoms with van der Waals surface area (Å²) in [7, 11) is 0. The monoisotopic (exact) mass is 932 g/mol. The highest BCUT2D eigenvalue weighted by molar-refractivity contribution is 5.95. The summed E-state index contributed by atoms with van der Waals surface area (Å²) in [6.07, 6.45) is 4.69. The molecule has 0 fully saturated rings. The van der Waals surface area contributed by atoms with Crippen molar-refractivity contribution in [2.45, 2.75) is 65.2 Å². The van der Waals surface area contributed by atoms with Crippen LogP contribution in [0.15, 0.2) is 122 Å². The molecule has 4 aliphatic rings. The van der Waals surface area contributed by atoms with Gasteiger partial charge in [0.25, 0.3) is 11.8 Å². The lowest BCUT2D eigenvalue weighted by atomic mass is 9.84. The molecular formula is C56H46F2N8O4. The molecule has 4 aliphatic heterocycles. The molecule has 8 aromatic rings. The summed E-state index contributed by atoms with van der Waals surface area (Å²) in [6, 6.07) is 30.1. The lowest BCUT2D eigenvalue weighted by Gasteiger charge is -2.18. The minimum atomic E-state index is -0.363. The summed E-state index contributed by atoms with van der Waals surface area (Å²) < 4.78 is 41.1. The van der Waals surface area contributed by atoms with Crippen LogP contribution in [0.3, 0.4) is 0 Å². The molecule has 2 amide bonds. The molecule has 8 heterocycles. The maximum atomic E-state index is 14.3. The van der Waals surface area contributed by atoms with E-state index in [1.807, 2.05) is 113 Å². The van der Waals surface area contributed by atoms with Crippen LogP contribution in [-0.2, 0) is 22.6 Å². The number of nitrogens with two attached hydrogens (primary N) is 2. The molecule has 348 valence electrons. The fourth-order valence-electron chi connectivity index (χ4n) is 10.4. The third-order valence-corrected chi connectivity index (χ3v) is 13.8. The zero-order chi connectivity index (χ0) is 48.5. The molecule has 6 N–H and O–H groups in total. The average Bonchev–Trinajstić information content (AvgIpc) is 4.12. The predicted molar refractivity (Wildman–Crippen MR) is 260 cm³/mol. The first kappa shape index (κ1) is 44.3. The number of amides is 2. The van der Waals surface area contributed by atoms with Gasteiger partial charge in [0, 0.05) is 59.1 Å². The Bertz CT molecular complexity index is 3440. The summed E-state index contributed by atoms with van der Waals surface area (Å²) in [5.41, 5.74) is 29.1. The van der Waals surface area contributed by atoms with Gasteiger partial charge in [-0.15, -0.1) is 0 Å². The Morgan fingerprint density at radius 3 is 1.29 bits per heavy atom. The summed E-state index contributed by atoms with van der Waals surface area (Å²) in [6.45, 7) is 8.44. The van der Waals surface area contributed by atoms with Crippen LogP contribution in [0.5, 0.6) is 0 Å². The smallest absolute Gasteiger partial charge is 0.251 e. The number of carbonyl (C=O) groups excluding carboxylic acids is 2. The number of nitrogen functional groups attached to an aromatic ring is 2. The summed E-state index contributed by atoms with van der Waals surface area (Å²) >= 11 is 0. The van der Waals surface area contributed by atoms with Crippen molar-refractivity contribution < 1.29 is 27.8 Å². The highest BCUT2D eigenvalue weighted by Crippen LogP contribution is 2.56. The van der Waals surface area contributed by atoms with Gasteiger partial charge in [0.05, 0.1) is 12.4 Å². The number of hydrogen-bond acceptors (Lipinski definition) is 10. The number of anilines is 2. The molecule has 4 aromatic heterocycles. The Hall–Kier alpha value is -8.20. The van der Waals surface area contributed by atoms with Crippen molar-refractivity contribution in [1.29, 1.82) is 0 Å². The van der Waals surface area contributed by atoms with E-state index in [1.54, 1.807) is 24.5 Å². The zero-order valence-corrected chi connectivity index (χ0v) is 38.6. The molecule has 0 saturated carbocycles. The van der Waals surface area contributed by atoms with E-state index in [0.717, 1.165) is 89.3 Å². The Balaban J connectivity index is 0.000000152. The van der Waals surface area contributed by atoms with Crippen LogP contribution >= 0.6 is 0 Å². The van der Waals surface area contributed by atoms with Crippen LogP contribution in [-0.4, -0.2) is 31.8 Å². The number of fused-ring (bicyclic) bond motifs is 16. The van der Waals surface area contributed by atoms with Crippen LogP contribution in [0.1, 0.15) is 123 Å². The van der Waals surface area contributed by atoms with Crippen LogP contribution in [0.25, 0.3) is 22.3 Å².